The fraction of sp³-hybridized carbons (Fsp3) is 0.167. The van der Waals surface area contributed by atoms with Gasteiger partial charge < -0.3 is 10.6 Å². The second-order valence-electron chi connectivity index (χ2n) is 3.77. The minimum Gasteiger partial charge on any atom is -0.354 e. The van der Waals surface area contributed by atoms with E-state index < -0.39 is 17.5 Å². The SMILES string of the molecule is CCNc1ncc(Br)c(Nc2ccc(F)c(F)c2F)n1. The minimum absolute atomic E-state index is 0.217. The number of benzene rings is 1. The third-order valence-electron chi connectivity index (χ3n) is 2.37. The molecule has 0 aliphatic rings. The topological polar surface area (TPSA) is 49.8 Å². The Balaban J connectivity index is 2.34. The Morgan fingerprint density at radius 1 is 1.20 bits per heavy atom. The van der Waals surface area contributed by atoms with Gasteiger partial charge in [0.1, 0.15) is 5.82 Å². The number of anilines is 3. The summed E-state index contributed by atoms with van der Waals surface area (Å²) in [5.41, 5.74) is -0.217. The first kappa shape index (κ1) is 14.6. The third-order valence-corrected chi connectivity index (χ3v) is 2.95. The Hall–Kier alpha value is -1.83. The van der Waals surface area contributed by atoms with Crippen LogP contribution in [0.25, 0.3) is 0 Å². The first-order valence-electron chi connectivity index (χ1n) is 5.69. The quantitative estimate of drug-likeness (QED) is 0.826. The van der Waals surface area contributed by atoms with E-state index in [4.69, 9.17) is 0 Å². The predicted octanol–water partition coefficient (Wildman–Crippen LogP) is 3.83. The summed E-state index contributed by atoms with van der Waals surface area (Å²) >= 11 is 3.19. The zero-order valence-corrected chi connectivity index (χ0v) is 11.9. The van der Waals surface area contributed by atoms with Gasteiger partial charge in [-0.15, -0.1) is 0 Å². The molecule has 0 amide bonds. The van der Waals surface area contributed by atoms with E-state index in [-0.39, 0.29) is 11.5 Å². The monoisotopic (exact) mass is 346 g/mol. The van der Waals surface area contributed by atoms with Crippen molar-refractivity contribution in [3.05, 3.63) is 40.3 Å². The molecule has 1 aromatic carbocycles. The number of nitrogens with zero attached hydrogens (tertiary/aromatic N) is 2. The van der Waals surface area contributed by atoms with Crippen LogP contribution in [0.3, 0.4) is 0 Å². The van der Waals surface area contributed by atoms with Gasteiger partial charge in [0.25, 0.3) is 0 Å². The van der Waals surface area contributed by atoms with Gasteiger partial charge in [-0.2, -0.15) is 4.98 Å². The Morgan fingerprint density at radius 3 is 2.65 bits per heavy atom. The van der Waals surface area contributed by atoms with E-state index in [1.165, 1.54) is 6.20 Å². The molecular formula is C12H10BrF3N4. The van der Waals surface area contributed by atoms with Crippen molar-refractivity contribution < 1.29 is 13.2 Å². The molecule has 8 heteroatoms. The summed E-state index contributed by atoms with van der Waals surface area (Å²) in [5.74, 6) is -3.52. The van der Waals surface area contributed by atoms with Crippen molar-refractivity contribution in [2.75, 3.05) is 17.2 Å². The van der Waals surface area contributed by atoms with E-state index in [9.17, 15) is 13.2 Å². The first-order valence-corrected chi connectivity index (χ1v) is 6.49. The highest BCUT2D eigenvalue weighted by Gasteiger charge is 2.15. The molecule has 0 saturated carbocycles. The van der Waals surface area contributed by atoms with Crippen molar-refractivity contribution >= 4 is 33.4 Å². The molecule has 20 heavy (non-hydrogen) atoms. The van der Waals surface area contributed by atoms with Crippen LogP contribution in [0.4, 0.5) is 30.6 Å². The van der Waals surface area contributed by atoms with E-state index in [2.05, 4.69) is 36.5 Å². The highest BCUT2D eigenvalue weighted by molar-refractivity contribution is 9.10. The fourth-order valence-electron chi connectivity index (χ4n) is 1.45. The second kappa shape index (κ2) is 6.08. The summed E-state index contributed by atoms with van der Waals surface area (Å²) in [4.78, 5) is 8.07. The molecule has 1 heterocycles. The largest absolute Gasteiger partial charge is 0.354 e. The number of hydrogen-bond acceptors (Lipinski definition) is 4. The van der Waals surface area contributed by atoms with Gasteiger partial charge in [0, 0.05) is 12.7 Å². The Labute approximate surface area is 121 Å². The number of aromatic nitrogens is 2. The van der Waals surface area contributed by atoms with Crippen LogP contribution < -0.4 is 10.6 Å². The van der Waals surface area contributed by atoms with Gasteiger partial charge >= 0.3 is 0 Å². The molecule has 2 aromatic rings. The van der Waals surface area contributed by atoms with Gasteiger partial charge in [0.2, 0.25) is 5.95 Å². The molecule has 2 N–H and O–H groups in total. The molecule has 0 unspecified atom stereocenters. The maximum absolute atomic E-state index is 13.6. The van der Waals surface area contributed by atoms with Crippen LogP contribution >= 0.6 is 15.9 Å². The number of hydrogen-bond donors (Lipinski definition) is 2. The van der Waals surface area contributed by atoms with E-state index in [0.717, 1.165) is 12.1 Å². The molecule has 0 saturated heterocycles. The standard InChI is InChI=1S/C12H10BrF3N4/c1-2-17-12-18-5-6(13)11(20-12)19-8-4-3-7(14)9(15)10(8)16/h3-5H,2H2,1H3,(H2,17,18,19,20). The van der Waals surface area contributed by atoms with Crippen molar-refractivity contribution in [2.24, 2.45) is 0 Å². The molecule has 0 aliphatic heterocycles. The lowest BCUT2D eigenvalue weighted by Crippen LogP contribution is -2.06. The molecule has 2 rings (SSSR count). The highest BCUT2D eigenvalue weighted by Crippen LogP contribution is 2.27. The minimum atomic E-state index is -1.54. The summed E-state index contributed by atoms with van der Waals surface area (Å²) in [6.07, 6.45) is 1.46. The average molecular weight is 347 g/mol. The smallest absolute Gasteiger partial charge is 0.224 e. The summed E-state index contributed by atoms with van der Waals surface area (Å²) in [5, 5.41) is 5.47. The lowest BCUT2D eigenvalue weighted by atomic mass is 10.3. The predicted molar refractivity (Wildman–Crippen MR) is 73.5 cm³/mol. The lowest BCUT2D eigenvalue weighted by Gasteiger charge is -2.10. The summed E-state index contributed by atoms with van der Waals surface area (Å²) in [6, 6.07) is 1.93. The number of rotatable bonds is 4. The van der Waals surface area contributed by atoms with Crippen LogP contribution in [0, 0.1) is 17.5 Å². The van der Waals surface area contributed by atoms with E-state index in [0.29, 0.717) is 17.0 Å². The van der Waals surface area contributed by atoms with Crippen molar-refractivity contribution in [2.45, 2.75) is 6.92 Å². The third kappa shape index (κ3) is 3.01. The normalized spacial score (nSPS) is 10.4. The second-order valence-corrected chi connectivity index (χ2v) is 4.62. The lowest BCUT2D eigenvalue weighted by molar-refractivity contribution is 0.449. The van der Waals surface area contributed by atoms with Crippen molar-refractivity contribution in [1.82, 2.24) is 9.97 Å². The van der Waals surface area contributed by atoms with Crippen molar-refractivity contribution in [3.8, 4) is 0 Å². The average Bonchev–Trinajstić information content (AvgIpc) is 2.43. The van der Waals surface area contributed by atoms with Crippen LogP contribution in [0.1, 0.15) is 6.92 Å². The van der Waals surface area contributed by atoms with Crippen LogP contribution in [0.5, 0.6) is 0 Å². The van der Waals surface area contributed by atoms with E-state index in [1.807, 2.05) is 6.92 Å². The Bertz CT molecular complexity index is 636. The van der Waals surface area contributed by atoms with Gasteiger partial charge in [-0.25, -0.2) is 18.2 Å². The zero-order valence-electron chi connectivity index (χ0n) is 10.3. The summed E-state index contributed by atoms with van der Waals surface area (Å²) in [6.45, 7) is 2.48. The molecular weight excluding hydrogens is 337 g/mol. The molecule has 1 aromatic heterocycles. The highest BCUT2D eigenvalue weighted by atomic mass is 79.9. The first-order chi connectivity index (χ1) is 9.52. The van der Waals surface area contributed by atoms with Crippen LogP contribution in [0.2, 0.25) is 0 Å². The van der Waals surface area contributed by atoms with Crippen molar-refractivity contribution in [3.63, 3.8) is 0 Å². The van der Waals surface area contributed by atoms with Gasteiger partial charge in [0.05, 0.1) is 10.2 Å². The van der Waals surface area contributed by atoms with Crippen LogP contribution in [-0.4, -0.2) is 16.5 Å². The van der Waals surface area contributed by atoms with Crippen LogP contribution in [0.15, 0.2) is 22.8 Å². The van der Waals surface area contributed by atoms with Gasteiger partial charge in [-0.1, -0.05) is 0 Å². The molecule has 0 aliphatic carbocycles. The van der Waals surface area contributed by atoms with E-state index in [1.54, 1.807) is 0 Å². The molecule has 0 fully saturated rings. The summed E-state index contributed by atoms with van der Waals surface area (Å²) < 4.78 is 40.0. The van der Waals surface area contributed by atoms with Gasteiger partial charge in [-0.05, 0) is 35.0 Å². The summed E-state index contributed by atoms with van der Waals surface area (Å²) in [7, 11) is 0. The maximum atomic E-state index is 13.6. The van der Waals surface area contributed by atoms with E-state index >= 15 is 0 Å². The van der Waals surface area contributed by atoms with Crippen LogP contribution in [-0.2, 0) is 0 Å². The zero-order chi connectivity index (χ0) is 14.7. The Kier molecular flexibility index (Phi) is 4.43. The fourth-order valence-corrected chi connectivity index (χ4v) is 1.74. The molecule has 0 spiro atoms. The molecule has 106 valence electrons. The van der Waals surface area contributed by atoms with Gasteiger partial charge in [-0.3, -0.25) is 0 Å². The number of halogens is 4. The molecule has 0 bridgehead atoms. The van der Waals surface area contributed by atoms with Gasteiger partial charge in [0.15, 0.2) is 17.5 Å². The molecule has 0 atom stereocenters. The number of nitrogens with one attached hydrogen (secondary N) is 2. The molecule has 0 radical (unpaired) electrons. The van der Waals surface area contributed by atoms with Crippen molar-refractivity contribution in [1.29, 1.82) is 0 Å². The maximum Gasteiger partial charge on any atom is 0.224 e. The molecule has 4 nitrogen and oxygen atoms in total. The Morgan fingerprint density at radius 2 is 1.95 bits per heavy atom.